The summed E-state index contributed by atoms with van der Waals surface area (Å²) in [4.78, 5) is 2.30. The summed E-state index contributed by atoms with van der Waals surface area (Å²) in [5.41, 5.74) is 5.74. The van der Waals surface area contributed by atoms with Crippen LogP contribution in [0.5, 0.6) is 0 Å². The molecule has 0 aromatic carbocycles. The van der Waals surface area contributed by atoms with Crippen LogP contribution in [0.15, 0.2) is 0 Å². The molecule has 84 valence electrons. The fourth-order valence-corrected chi connectivity index (χ4v) is 2.13. The fourth-order valence-electron chi connectivity index (χ4n) is 2.13. The van der Waals surface area contributed by atoms with Crippen molar-refractivity contribution in [1.82, 2.24) is 10.2 Å². The van der Waals surface area contributed by atoms with Crippen LogP contribution < -0.4 is 11.1 Å². The molecule has 0 aromatic heterocycles. The Morgan fingerprint density at radius 3 is 2.29 bits per heavy atom. The van der Waals surface area contributed by atoms with Crippen LogP contribution in [0, 0.1) is 5.92 Å². The van der Waals surface area contributed by atoms with E-state index in [9.17, 15) is 0 Å². The lowest BCUT2D eigenvalue weighted by Crippen LogP contribution is -2.52. The van der Waals surface area contributed by atoms with Gasteiger partial charge in [-0.15, -0.1) is 0 Å². The Kier molecular flexibility index (Phi) is 4.35. The lowest BCUT2D eigenvalue weighted by atomic mass is 9.87. The molecule has 1 fully saturated rings. The average molecular weight is 199 g/mol. The van der Waals surface area contributed by atoms with Crippen molar-refractivity contribution in [3.8, 4) is 0 Å². The molecule has 1 saturated carbocycles. The van der Waals surface area contributed by atoms with Crippen LogP contribution in [0.1, 0.15) is 26.7 Å². The highest BCUT2D eigenvalue weighted by molar-refractivity contribution is 4.89. The monoisotopic (exact) mass is 199 g/mol. The number of hydrogen-bond donors (Lipinski definition) is 2. The molecule has 1 aliphatic carbocycles. The maximum Gasteiger partial charge on any atom is 0.0237 e. The van der Waals surface area contributed by atoms with Gasteiger partial charge in [0.25, 0.3) is 0 Å². The smallest absolute Gasteiger partial charge is 0.0237 e. The molecule has 0 heterocycles. The normalized spacial score (nSPS) is 29.4. The van der Waals surface area contributed by atoms with Crippen molar-refractivity contribution in [2.75, 3.05) is 20.6 Å². The Bertz CT molecular complexity index is 154. The fraction of sp³-hybridized carbons (Fsp3) is 1.00. The molecular weight excluding hydrogens is 174 g/mol. The number of rotatable bonds is 5. The van der Waals surface area contributed by atoms with Crippen LogP contribution in [-0.2, 0) is 0 Å². The van der Waals surface area contributed by atoms with E-state index in [-0.39, 0.29) is 0 Å². The van der Waals surface area contributed by atoms with Crippen molar-refractivity contribution in [2.24, 2.45) is 11.7 Å². The summed E-state index contributed by atoms with van der Waals surface area (Å²) in [5, 5.41) is 3.59. The molecular formula is C11H25N3. The average Bonchev–Trinajstić information content (AvgIpc) is 1.99. The van der Waals surface area contributed by atoms with E-state index in [1.54, 1.807) is 0 Å². The van der Waals surface area contributed by atoms with Gasteiger partial charge in [-0.3, -0.25) is 0 Å². The van der Waals surface area contributed by atoms with E-state index >= 15 is 0 Å². The Morgan fingerprint density at radius 2 is 1.93 bits per heavy atom. The van der Waals surface area contributed by atoms with Crippen molar-refractivity contribution in [1.29, 1.82) is 0 Å². The minimum absolute atomic E-state index is 0.448. The Balaban J connectivity index is 2.20. The molecule has 3 N–H and O–H groups in total. The van der Waals surface area contributed by atoms with Crippen LogP contribution in [0.2, 0.25) is 0 Å². The maximum atomic E-state index is 5.74. The minimum atomic E-state index is 0.448. The largest absolute Gasteiger partial charge is 0.328 e. The molecule has 0 spiro atoms. The van der Waals surface area contributed by atoms with Gasteiger partial charge in [-0.25, -0.2) is 0 Å². The van der Waals surface area contributed by atoms with Gasteiger partial charge < -0.3 is 16.0 Å². The first-order valence-corrected chi connectivity index (χ1v) is 5.66. The second kappa shape index (κ2) is 5.10. The number of nitrogens with two attached hydrogens (primary N) is 1. The summed E-state index contributed by atoms with van der Waals surface area (Å²) < 4.78 is 0. The van der Waals surface area contributed by atoms with E-state index < -0.39 is 0 Å². The van der Waals surface area contributed by atoms with E-state index in [2.05, 4.69) is 38.2 Å². The van der Waals surface area contributed by atoms with Gasteiger partial charge in [-0.2, -0.15) is 0 Å². The first-order valence-electron chi connectivity index (χ1n) is 5.66. The van der Waals surface area contributed by atoms with Crippen molar-refractivity contribution in [3.05, 3.63) is 0 Å². The van der Waals surface area contributed by atoms with Crippen molar-refractivity contribution < 1.29 is 0 Å². The second-order valence-corrected chi connectivity index (χ2v) is 5.11. The maximum absolute atomic E-state index is 5.74. The molecule has 0 bridgehead atoms. The molecule has 0 aliphatic heterocycles. The third-order valence-electron chi connectivity index (χ3n) is 3.22. The van der Waals surface area contributed by atoms with Gasteiger partial charge in [0.05, 0.1) is 0 Å². The molecule has 1 aliphatic rings. The van der Waals surface area contributed by atoms with Gasteiger partial charge in [0.1, 0.15) is 0 Å². The molecule has 1 rings (SSSR count). The van der Waals surface area contributed by atoms with Gasteiger partial charge in [0, 0.05) is 24.7 Å². The first kappa shape index (κ1) is 12.0. The summed E-state index contributed by atoms with van der Waals surface area (Å²) in [6.07, 6.45) is 2.30. The van der Waals surface area contributed by atoms with Crippen molar-refractivity contribution in [3.63, 3.8) is 0 Å². The van der Waals surface area contributed by atoms with E-state index in [0.717, 1.165) is 19.4 Å². The summed E-state index contributed by atoms with van der Waals surface area (Å²) in [6, 6.07) is 1.75. The third kappa shape index (κ3) is 3.23. The predicted octanol–water partition coefficient (Wildman–Crippen LogP) is 0.652. The zero-order valence-corrected chi connectivity index (χ0v) is 9.96. The van der Waals surface area contributed by atoms with Crippen LogP contribution in [0.25, 0.3) is 0 Å². The topological polar surface area (TPSA) is 41.3 Å². The molecule has 0 aromatic rings. The molecule has 1 unspecified atom stereocenters. The molecule has 1 atom stereocenters. The van der Waals surface area contributed by atoms with Crippen molar-refractivity contribution in [2.45, 2.75) is 44.8 Å². The van der Waals surface area contributed by atoms with Crippen molar-refractivity contribution >= 4 is 0 Å². The molecule has 0 radical (unpaired) electrons. The number of hydrogen-bond acceptors (Lipinski definition) is 3. The summed E-state index contributed by atoms with van der Waals surface area (Å²) in [6.45, 7) is 5.64. The minimum Gasteiger partial charge on any atom is -0.328 e. The number of nitrogens with one attached hydrogen (secondary N) is 1. The molecule has 3 nitrogen and oxygen atoms in total. The number of likely N-dealkylation sites (N-methyl/N-ethyl adjacent to an activating group) is 1. The highest BCUT2D eigenvalue weighted by Gasteiger charge is 2.26. The predicted molar refractivity (Wildman–Crippen MR) is 61.3 cm³/mol. The van der Waals surface area contributed by atoms with E-state index in [1.807, 2.05) is 0 Å². The third-order valence-corrected chi connectivity index (χ3v) is 3.22. The lowest BCUT2D eigenvalue weighted by Gasteiger charge is -2.36. The molecule has 0 amide bonds. The van der Waals surface area contributed by atoms with Gasteiger partial charge in [-0.05, 0) is 32.9 Å². The quantitative estimate of drug-likeness (QED) is 0.683. The summed E-state index contributed by atoms with van der Waals surface area (Å²) in [7, 11) is 4.30. The summed E-state index contributed by atoms with van der Waals surface area (Å²) in [5.74, 6) is 0.700. The SMILES string of the molecule is CC(C)C(CNC1CC(N)C1)N(C)C. The van der Waals surface area contributed by atoms with Crippen LogP contribution >= 0.6 is 0 Å². The van der Waals surface area contributed by atoms with Gasteiger partial charge >= 0.3 is 0 Å². The van der Waals surface area contributed by atoms with E-state index in [0.29, 0.717) is 24.0 Å². The van der Waals surface area contributed by atoms with Gasteiger partial charge in [0.2, 0.25) is 0 Å². The molecule has 3 heteroatoms. The molecule has 0 saturated heterocycles. The lowest BCUT2D eigenvalue weighted by molar-refractivity contribution is 0.198. The van der Waals surface area contributed by atoms with E-state index in [4.69, 9.17) is 5.73 Å². The van der Waals surface area contributed by atoms with Crippen LogP contribution in [0.3, 0.4) is 0 Å². The molecule has 14 heavy (non-hydrogen) atoms. The first-order chi connectivity index (χ1) is 6.50. The summed E-state index contributed by atoms with van der Waals surface area (Å²) >= 11 is 0. The highest BCUT2D eigenvalue weighted by Crippen LogP contribution is 2.18. The Morgan fingerprint density at radius 1 is 1.36 bits per heavy atom. The van der Waals surface area contributed by atoms with Gasteiger partial charge in [-0.1, -0.05) is 13.8 Å². The van der Waals surface area contributed by atoms with E-state index in [1.165, 1.54) is 0 Å². The van der Waals surface area contributed by atoms with Crippen LogP contribution in [-0.4, -0.2) is 43.7 Å². The van der Waals surface area contributed by atoms with Gasteiger partial charge in [0.15, 0.2) is 0 Å². The van der Waals surface area contributed by atoms with Crippen LogP contribution in [0.4, 0.5) is 0 Å². The second-order valence-electron chi connectivity index (χ2n) is 5.11. The Labute approximate surface area is 88.0 Å². The standard InChI is InChI=1S/C11H25N3/c1-8(2)11(14(3)4)7-13-10-5-9(12)6-10/h8-11,13H,5-7,12H2,1-4H3. The number of nitrogens with zero attached hydrogens (tertiary/aromatic N) is 1. The zero-order chi connectivity index (χ0) is 10.7. The highest BCUT2D eigenvalue weighted by atomic mass is 15.1. The zero-order valence-electron chi connectivity index (χ0n) is 9.96. The Hall–Kier alpha value is -0.120.